The lowest BCUT2D eigenvalue weighted by molar-refractivity contribution is -0.116. The molecule has 2 aliphatic rings. The van der Waals surface area contributed by atoms with Gasteiger partial charge in [0, 0.05) is 16.0 Å². The molecule has 0 saturated heterocycles. The number of amides is 3. The Morgan fingerprint density at radius 2 is 1.73 bits per heavy atom. The highest BCUT2D eigenvalue weighted by Gasteiger charge is 2.42. The van der Waals surface area contributed by atoms with Gasteiger partial charge in [-0.3, -0.25) is 19.3 Å². The maximum absolute atomic E-state index is 12.9. The topological polar surface area (TPSA) is 105 Å². The fourth-order valence-electron chi connectivity index (χ4n) is 4.73. The maximum Gasteiger partial charge on any atom is 0.341 e. The smallest absolute Gasteiger partial charge is 0.341 e. The van der Waals surface area contributed by atoms with Crippen LogP contribution in [0.5, 0.6) is 0 Å². The van der Waals surface area contributed by atoms with E-state index in [1.807, 2.05) is 13.8 Å². The molecule has 3 amide bonds. The largest absolute Gasteiger partial charge is 0.462 e. The highest BCUT2D eigenvalue weighted by molar-refractivity contribution is 7.17. The summed E-state index contributed by atoms with van der Waals surface area (Å²) in [6.45, 7) is 9.68. The molecule has 0 radical (unpaired) electrons. The van der Waals surface area contributed by atoms with Crippen molar-refractivity contribution in [1.29, 1.82) is 0 Å². The lowest BCUT2D eigenvalue weighted by Crippen LogP contribution is -2.55. The molecular formula is C24H27N3O5S. The third kappa shape index (κ3) is 4.06. The molecule has 2 N–H and O–H groups in total. The van der Waals surface area contributed by atoms with Gasteiger partial charge in [-0.15, -0.1) is 11.3 Å². The minimum absolute atomic E-state index is 0.205. The number of benzene rings is 1. The molecule has 33 heavy (non-hydrogen) atoms. The van der Waals surface area contributed by atoms with Crippen molar-refractivity contribution in [2.45, 2.75) is 52.1 Å². The number of carbonyl (C=O) groups excluding carboxylic acids is 4. The summed E-state index contributed by atoms with van der Waals surface area (Å²) in [5.41, 5.74) is 1.07. The van der Waals surface area contributed by atoms with Crippen LogP contribution >= 0.6 is 11.3 Å². The summed E-state index contributed by atoms with van der Waals surface area (Å²) < 4.78 is 5.30. The molecule has 2 aromatic rings. The predicted molar refractivity (Wildman–Crippen MR) is 125 cm³/mol. The Hall–Kier alpha value is -3.04. The zero-order valence-corrected chi connectivity index (χ0v) is 20.1. The van der Waals surface area contributed by atoms with Gasteiger partial charge in [-0.25, -0.2) is 4.79 Å². The number of nitrogens with zero attached hydrogens (tertiary/aromatic N) is 1. The summed E-state index contributed by atoms with van der Waals surface area (Å²) in [7, 11) is 0. The van der Waals surface area contributed by atoms with E-state index < -0.39 is 35.8 Å². The van der Waals surface area contributed by atoms with Crippen molar-refractivity contribution in [3.63, 3.8) is 0 Å². The average Bonchev–Trinajstić information content (AvgIpc) is 3.18. The number of fused-ring (bicyclic) bond motifs is 2. The number of hydrogen-bond acceptors (Lipinski definition) is 7. The molecular weight excluding hydrogens is 442 g/mol. The van der Waals surface area contributed by atoms with Gasteiger partial charge in [0.1, 0.15) is 11.5 Å². The predicted octanol–water partition coefficient (Wildman–Crippen LogP) is 3.32. The van der Waals surface area contributed by atoms with Crippen LogP contribution in [0.2, 0.25) is 0 Å². The molecule has 0 bridgehead atoms. The molecule has 8 nitrogen and oxygen atoms in total. The van der Waals surface area contributed by atoms with E-state index in [9.17, 15) is 19.2 Å². The van der Waals surface area contributed by atoms with E-state index in [-0.39, 0.29) is 23.3 Å². The molecule has 0 saturated carbocycles. The first-order valence-electron chi connectivity index (χ1n) is 10.8. The van der Waals surface area contributed by atoms with Gasteiger partial charge in [0.05, 0.1) is 23.3 Å². The Balaban J connectivity index is 1.64. The number of rotatable bonds is 5. The number of ether oxygens (including phenoxy) is 1. The van der Waals surface area contributed by atoms with Crippen molar-refractivity contribution in [1.82, 2.24) is 10.2 Å². The van der Waals surface area contributed by atoms with Crippen LogP contribution in [-0.2, 0) is 21.5 Å². The number of hydrogen-bond donors (Lipinski definition) is 2. The standard InChI is InChI=1S/C24H27N3O5S/c1-6-32-22(31)17-15-11-23(2,3)26-24(4,5)18(15)33-19(17)25-16(28)12-27-20(29)13-9-7-8-10-14(13)21(27)30/h7-10,26H,6,11-12H2,1-5H3,(H,25,28). The van der Waals surface area contributed by atoms with Crippen LogP contribution in [-0.4, -0.2) is 47.3 Å². The number of thiophene rings is 1. The SMILES string of the molecule is CCOC(=O)c1c(NC(=O)CN2C(=O)c3ccccc3C2=O)sc2c1CC(C)(C)NC2(C)C. The fourth-order valence-corrected chi connectivity index (χ4v) is 6.01. The van der Waals surface area contributed by atoms with E-state index in [1.54, 1.807) is 31.2 Å². The van der Waals surface area contributed by atoms with Crippen molar-refractivity contribution in [2.24, 2.45) is 0 Å². The van der Waals surface area contributed by atoms with Gasteiger partial charge in [0.2, 0.25) is 5.91 Å². The van der Waals surface area contributed by atoms with Gasteiger partial charge >= 0.3 is 5.97 Å². The van der Waals surface area contributed by atoms with E-state index in [0.717, 1.165) is 15.3 Å². The third-order valence-corrected chi connectivity index (χ3v) is 7.23. The quantitative estimate of drug-likeness (QED) is 0.514. The first-order chi connectivity index (χ1) is 15.4. The average molecular weight is 470 g/mol. The van der Waals surface area contributed by atoms with Gasteiger partial charge in [0.15, 0.2) is 0 Å². The number of carbonyl (C=O) groups is 4. The van der Waals surface area contributed by atoms with Crippen LogP contribution in [0.3, 0.4) is 0 Å². The Kier molecular flexibility index (Phi) is 5.66. The van der Waals surface area contributed by atoms with Gasteiger partial charge < -0.3 is 15.4 Å². The van der Waals surface area contributed by atoms with E-state index in [4.69, 9.17) is 4.74 Å². The van der Waals surface area contributed by atoms with E-state index in [0.29, 0.717) is 17.0 Å². The van der Waals surface area contributed by atoms with E-state index in [1.165, 1.54) is 11.3 Å². The first-order valence-corrected chi connectivity index (χ1v) is 11.6. The fraction of sp³-hybridized carbons (Fsp3) is 0.417. The second-order valence-electron chi connectivity index (χ2n) is 9.44. The zero-order chi connectivity index (χ0) is 24.1. The summed E-state index contributed by atoms with van der Waals surface area (Å²) in [6.07, 6.45) is 0.588. The van der Waals surface area contributed by atoms with Gasteiger partial charge in [-0.05, 0) is 58.7 Å². The number of anilines is 1. The lowest BCUT2D eigenvalue weighted by Gasteiger charge is -2.42. The second kappa shape index (κ2) is 8.07. The van der Waals surface area contributed by atoms with Crippen LogP contribution in [0.25, 0.3) is 0 Å². The van der Waals surface area contributed by atoms with E-state index >= 15 is 0 Å². The number of nitrogens with one attached hydrogen (secondary N) is 2. The molecule has 0 aliphatic carbocycles. The molecule has 1 aromatic carbocycles. The second-order valence-corrected chi connectivity index (χ2v) is 10.5. The molecule has 3 heterocycles. The Bertz CT molecular complexity index is 1150. The zero-order valence-electron chi connectivity index (χ0n) is 19.3. The molecule has 4 rings (SSSR count). The molecule has 0 unspecified atom stereocenters. The Morgan fingerprint density at radius 3 is 2.30 bits per heavy atom. The molecule has 9 heteroatoms. The van der Waals surface area contributed by atoms with Crippen molar-refractivity contribution in [3.8, 4) is 0 Å². The summed E-state index contributed by atoms with van der Waals surface area (Å²) in [5.74, 6) is -2.07. The van der Waals surface area contributed by atoms with Crippen LogP contribution in [0.1, 0.15) is 76.1 Å². The minimum Gasteiger partial charge on any atom is -0.462 e. The summed E-state index contributed by atoms with van der Waals surface area (Å²) >= 11 is 1.32. The van der Waals surface area contributed by atoms with Gasteiger partial charge in [0.25, 0.3) is 11.8 Å². The highest BCUT2D eigenvalue weighted by Crippen LogP contribution is 2.45. The van der Waals surface area contributed by atoms with Gasteiger partial charge in [-0.2, -0.15) is 0 Å². The van der Waals surface area contributed by atoms with Crippen LogP contribution in [0, 0.1) is 0 Å². The maximum atomic E-state index is 12.9. The van der Waals surface area contributed by atoms with Crippen molar-refractivity contribution in [3.05, 3.63) is 51.4 Å². The molecule has 0 fully saturated rings. The normalized spacial score (nSPS) is 18.0. The first kappa shape index (κ1) is 23.1. The lowest BCUT2D eigenvalue weighted by atomic mass is 9.81. The molecule has 0 spiro atoms. The third-order valence-electron chi connectivity index (χ3n) is 5.76. The monoisotopic (exact) mass is 469 g/mol. The van der Waals surface area contributed by atoms with Crippen LogP contribution < -0.4 is 10.6 Å². The summed E-state index contributed by atoms with van der Waals surface area (Å²) in [6, 6.07) is 6.48. The van der Waals surface area contributed by atoms with Crippen LogP contribution in [0.15, 0.2) is 24.3 Å². The number of imide groups is 1. The minimum atomic E-state index is -0.557. The van der Waals surface area contributed by atoms with Gasteiger partial charge in [-0.1, -0.05) is 12.1 Å². The van der Waals surface area contributed by atoms with E-state index in [2.05, 4.69) is 24.5 Å². The molecule has 2 aliphatic heterocycles. The Morgan fingerprint density at radius 1 is 1.12 bits per heavy atom. The van der Waals surface area contributed by atoms with Crippen molar-refractivity contribution in [2.75, 3.05) is 18.5 Å². The highest BCUT2D eigenvalue weighted by atomic mass is 32.1. The van der Waals surface area contributed by atoms with Crippen molar-refractivity contribution >= 4 is 40.0 Å². The molecule has 1 aromatic heterocycles. The molecule has 174 valence electrons. The number of esters is 1. The van der Waals surface area contributed by atoms with Crippen LogP contribution in [0.4, 0.5) is 5.00 Å². The summed E-state index contributed by atoms with van der Waals surface area (Å²) in [5, 5.41) is 6.72. The molecule has 0 atom stereocenters. The Labute approximate surface area is 196 Å². The summed E-state index contributed by atoms with van der Waals surface area (Å²) in [4.78, 5) is 52.9. The van der Waals surface area contributed by atoms with Crippen molar-refractivity contribution < 1.29 is 23.9 Å².